The Balaban J connectivity index is 2.54. The number of fused-ring (bicyclic) bond motifs is 1. The van der Waals surface area contributed by atoms with E-state index in [0.29, 0.717) is 17.1 Å². The van der Waals surface area contributed by atoms with Crippen LogP contribution in [0.15, 0.2) is 0 Å². The van der Waals surface area contributed by atoms with Crippen LogP contribution < -0.4 is 5.32 Å². The minimum absolute atomic E-state index is 0.305. The van der Waals surface area contributed by atoms with E-state index in [1.807, 2.05) is 0 Å². The van der Waals surface area contributed by atoms with Crippen LogP contribution in [0, 0.1) is 6.92 Å². The van der Waals surface area contributed by atoms with Gasteiger partial charge in [0.05, 0.1) is 5.69 Å². The lowest BCUT2D eigenvalue weighted by molar-refractivity contribution is 0.0697. The van der Waals surface area contributed by atoms with Crippen molar-refractivity contribution < 1.29 is 9.90 Å². The maximum atomic E-state index is 10.9. The van der Waals surface area contributed by atoms with Gasteiger partial charge in [-0.05, 0) is 13.3 Å². The highest BCUT2D eigenvalue weighted by molar-refractivity contribution is 5.94. The normalized spacial score (nSPS) is 14.8. The van der Waals surface area contributed by atoms with Gasteiger partial charge in [0.1, 0.15) is 11.4 Å². The monoisotopic (exact) mass is 181 g/mol. The summed E-state index contributed by atoms with van der Waals surface area (Å²) in [5.41, 5.74) is 0.886. The highest BCUT2D eigenvalue weighted by atomic mass is 16.4. The lowest BCUT2D eigenvalue weighted by Crippen LogP contribution is -2.19. The SMILES string of the molecule is Cc1nn2c(c1C(=O)O)NCCC2. The second kappa shape index (κ2) is 2.76. The highest BCUT2D eigenvalue weighted by Gasteiger charge is 2.22. The molecule has 0 amide bonds. The van der Waals surface area contributed by atoms with Gasteiger partial charge >= 0.3 is 5.97 Å². The molecule has 5 nitrogen and oxygen atoms in total. The van der Waals surface area contributed by atoms with E-state index in [-0.39, 0.29) is 0 Å². The summed E-state index contributed by atoms with van der Waals surface area (Å²) in [6.45, 7) is 3.35. The van der Waals surface area contributed by atoms with Crippen molar-refractivity contribution >= 4 is 11.8 Å². The Bertz CT molecular complexity index is 357. The average molecular weight is 181 g/mol. The van der Waals surface area contributed by atoms with Crippen LogP contribution in [0.3, 0.4) is 0 Å². The molecular formula is C8H11N3O2. The molecule has 70 valence electrons. The van der Waals surface area contributed by atoms with Crippen molar-refractivity contribution in [1.29, 1.82) is 0 Å². The van der Waals surface area contributed by atoms with E-state index in [1.165, 1.54) is 0 Å². The summed E-state index contributed by atoms with van der Waals surface area (Å²) in [4.78, 5) is 10.9. The molecule has 0 spiro atoms. The maximum absolute atomic E-state index is 10.9. The van der Waals surface area contributed by atoms with Gasteiger partial charge in [0.25, 0.3) is 0 Å². The van der Waals surface area contributed by atoms with E-state index in [1.54, 1.807) is 11.6 Å². The fourth-order valence-corrected chi connectivity index (χ4v) is 1.61. The molecule has 0 unspecified atom stereocenters. The number of carboxylic acids is 1. The third-order valence-electron chi connectivity index (χ3n) is 2.18. The Morgan fingerprint density at radius 1 is 1.69 bits per heavy atom. The van der Waals surface area contributed by atoms with Gasteiger partial charge in [0.15, 0.2) is 0 Å². The predicted octanol–water partition coefficient (Wildman–Crippen LogP) is 0.705. The molecule has 1 aliphatic rings. The van der Waals surface area contributed by atoms with Crippen LogP contribution in [0.25, 0.3) is 0 Å². The van der Waals surface area contributed by atoms with Crippen LogP contribution in [0.4, 0.5) is 5.82 Å². The standard InChI is InChI=1S/C8H11N3O2/c1-5-6(8(12)13)7-9-3-2-4-11(7)10-5/h9H,2-4H2,1H3,(H,12,13). The molecule has 0 aromatic carbocycles. The molecule has 1 aliphatic heterocycles. The van der Waals surface area contributed by atoms with Gasteiger partial charge in [-0.3, -0.25) is 0 Å². The summed E-state index contributed by atoms with van der Waals surface area (Å²) in [5, 5.41) is 16.1. The van der Waals surface area contributed by atoms with Crippen molar-refractivity contribution in [3.8, 4) is 0 Å². The first-order valence-corrected chi connectivity index (χ1v) is 4.24. The Kier molecular flexibility index (Phi) is 1.72. The number of hydrogen-bond donors (Lipinski definition) is 2. The molecule has 0 saturated heterocycles. The first kappa shape index (κ1) is 8.10. The smallest absolute Gasteiger partial charge is 0.341 e. The Morgan fingerprint density at radius 3 is 3.15 bits per heavy atom. The van der Waals surface area contributed by atoms with Crippen molar-refractivity contribution in [2.75, 3.05) is 11.9 Å². The summed E-state index contributed by atoms with van der Waals surface area (Å²) in [5.74, 6) is -0.260. The molecule has 2 rings (SSSR count). The van der Waals surface area contributed by atoms with Gasteiger partial charge in [-0.2, -0.15) is 5.10 Å². The molecule has 0 bridgehead atoms. The minimum Gasteiger partial charge on any atom is -0.477 e. The van der Waals surface area contributed by atoms with Crippen molar-refractivity contribution in [2.45, 2.75) is 19.9 Å². The topological polar surface area (TPSA) is 67.2 Å². The van der Waals surface area contributed by atoms with E-state index in [2.05, 4.69) is 10.4 Å². The molecule has 0 saturated carbocycles. The van der Waals surface area contributed by atoms with E-state index >= 15 is 0 Å². The minimum atomic E-state index is -0.909. The first-order valence-electron chi connectivity index (χ1n) is 4.24. The van der Waals surface area contributed by atoms with Crippen LogP contribution in [0.5, 0.6) is 0 Å². The number of aromatic carboxylic acids is 1. The van der Waals surface area contributed by atoms with Gasteiger partial charge in [-0.15, -0.1) is 0 Å². The number of anilines is 1. The summed E-state index contributed by atoms with van der Waals surface area (Å²) in [6.07, 6.45) is 0.993. The Labute approximate surface area is 75.4 Å². The number of rotatable bonds is 1. The van der Waals surface area contributed by atoms with Gasteiger partial charge in [0, 0.05) is 13.1 Å². The van der Waals surface area contributed by atoms with Crippen molar-refractivity contribution in [3.05, 3.63) is 11.3 Å². The number of aromatic nitrogens is 2. The van der Waals surface area contributed by atoms with Gasteiger partial charge in [-0.25, -0.2) is 9.48 Å². The Morgan fingerprint density at radius 2 is 2.46 bits per heavy atom. The molecule has 5 heteroatoms. The number of hydrogen-bond acceptors (Lipinski definition) is 3. The Hall–Kier alpha value is -1.52. The largest absolute Gasteiger partial charge is 0.477 e. The zero-order valence-electron chi connectivity index (χ0n) is 7.37. The molecule has 1 aromatic rings. The number of nitrogens with one attached hydrogen (secondary N) is 1. The van der Waals surface area contributed by atoms with E-state index in [4.69, 9.17) is 5.11 Å². The first-order chi connectivity index (χ1) is 6.20. The van der Waals surface area contributed by atoms with Crippen LogP contribution >= 0.6 is 0 Å². The lowest BCUT2D eigenvalue weighted by Gasteiger charge is -2.15. The summed E-state index contributed by atoms with van der Waals surface area (Å²) in [7, 11) is 0. The molecule has 0 atom stereocenters. The van der Waals surface area contributed by atoms with E-state index in [9.17, 15) is 4.79 Å². The quantitative estimate of drug-likeness (QED) is 0.669. The van der Waals surface area contributed by atoms with Crippen LogP contribution in [-0.2, 0) is 6.54 Å². The number of carbonyl (C=O) groups is 1. The zero-order valence-corrected chi connectivity index (χ0v) is 7.37. The molecule has 1 aromatic heterocycles. The number of carboxylic acid groups (broad SMARTS) is 1. The molecule has 13 heavy (non-hydrogen) atoms. The summed E-state index contributed by atoms with van der Waals surface area (Å²) < 4.78 is 1.72. The predicted molar refractivity (Wildman–Crippen MR) is 47.0 cm³/mol. The fraction of sp³-hybridized carbons (Fsp3) is 0.500. The molecule has 0 fully saturated rings. The van der Waals surface area contributed by atoms with Crippen LogP contribution in [0.1, 0.15) is 22.5 Å². The van der Waals surface area contributed by atoms with Crippen molar-refractivity contribution in [3.63, 3.8) is 0 Å². The maximum Gasteiger partial charge on any atom is 0.341 e. The van der Waals surface area contributed by atoms with Crippen molar-refractivity contribution in [2.24, 2.45) is 0 Å². The highest BCUT2D eigenvalue weighted by Crippen LogP contribution is 2.22. The molecule has 0 radical (unpaired) electrons. The average Bonchev–Trinajstić information content (AvgIpc) is 2.39. The molecule has 2 heterocycles. The fourth-order valence-electron chi connectivity index (χ4n) is 1.61. The van der Waals surface area contributed by atoms with Gasteiger partial charge in [-0.1, -0.05) is 0 Å². The van der Waals surface area contributed by atoms with Crippen LogP contribution in [0.2, 0.25) is 0 Å². The van der Waals surface area contributed by atoms with Crippen LogP contribution in [-0.4, -0.2) is 27.4 Å². The second-order valence-electron chi connectivity index (χ2n) is 3.12. The second-order valence-corrected chi connectivity index (χ2v) is 3.12. The number of aryl methyl sites for hydroxylation is 2. The number of nitrogens with zero attached hydrogens (tertiary/aromatic N) is 2. The van der Waals surface area contributed by atoms with Crippen molar-refractivity contribution in [1.82, 2.24) is 9.78 Å². The third-order valence-corrected chi connectivity index (χ3v) is 2.18. The van der Waals surface area contributed by atoms with Gasteiger partial charge in [0.2, 0.25) is 0 Å². The molecular weight excluding hydrogens is 170 g/mol. The third kappa shape index (κ3) is 1.16. The van der Waals surface area contributed by atoms with E-state index in [0.717, 1.165) is 19.5 Å². The van der Waals surface area contributed by atoms with Gasteiger partial charge < -0.3 is 10.4 Å². The summed E-state index contributed by atoms with van der Waals surface area (Å²) in [6, 6.07) is 0. The summed E-state index contributed by atoms with van der Waals surface area (Å²) >= 11 is 0. The molecule has 2 N–H and O–H groups in total. The lowest BCUT2D eigenvalue weighted by atomic mass is 10.2. The zero-order chi connectivity index (χ0) is 9.42. The molecule has 0 aliphatic carbocycles. The van der Waals surface area contributed by atoms with E-state index < -0.39 is 5.97 Å².